The van der Waals surface area contributed by atoms with Crippen LogP contribution in [0.1, 0.15) is 5.56 Å². The lowest BCUT2D eigenvalue weighted by molar-refractivity contribution is -0.143. The van der Waals surface area contributed by atoms with Crippen LogP contribution >= 0.6 is 15.9 Å². The van der Waals surface area contributed by atoms with Crippen LogP contribution in [0, 0.1) is 0 Å². The second-order valence-electron chi connectivity index (χ2n) is 4.16. The highest BCUT2D eigenvalue weighted by molar-refractivity contribution is 9.10. The number of anilines is 1. The second-order valence-corrected chi connectivity index (χ2v) is 4.95. The van der Waals surface area contributed by atoms with E-state index in [1.165, 1.54) is 6.20 Å². The lowest BCUT2D eigenvalue weighted by atomic mass is 10.2. The third-order valence-electron chi connectivity index (χ3n) is 2.55. The van der Waals surface area contributed by atoms with E-state index in [2.05, 4.69) is 31.3 Å². The molecule has 1 N–H and O–H groups in total. The Kier molecular flexibility index (Phi) is 4.61. The van der Waals surface area contributed by atoms with E-state index in [-0.39, 0.29) is 4.47 Å². The summed E-state index contributed by atoms with van der Waals surface area (Å²) in [4.78, 5) is 15.7. The first-order valence-corrected chi connectivity index (χ1v) is 6.61. The molecule has 0 fully saturated rings. The lowest BCUT2D eigenvalue weighted by Gasteiger charge is -2.11. The summed E-state index contributed by atoms with van der Waals surface area (Å²) in [7, 11) is 0. The predicted molar refractivity (Wildman–Crippen MR) is 73.8 cm³/mol. The van der Waals surface area contributed by atoms with Crippen LogP contribution in [0.4, 0.5) is 18.9 Å². The van der Waals surface area contributed by atoms with Gasteiger partial charge >= 0.3 is 6.18 Å². The quantitative estimate of drug-likeness (QED) is 0.907. The summed E-state index contributed by atoms with van der Waals surface area (Å²) in [6, 6.07) is 3.55. The van der Waals surface area contributed by atoms with Gasteiger partial charge in [0.15, 0.2) is 0 Å². The van der Waals surface area contributed by atoms with E-state index in [0.29, 0.717) is 16.9 Å². The van der Waals surface area contributed by atoms with Crippen molar-refractivity contribution >= 4 is 21.6 Å². The first-order valence-electron chi connectivity index (χ1n) is 5.82. The number of rotatable bonds is 4. The molecule has 0 spiro atoms. The van der Waals surface area contributed by atoms with Crippen molar-refractivity contribution < 1.29 is 13.2 Å². The molecule has 0 unspecified atom stereocenters. The highest BCUT2D eigenvalue weighted by atomic mass is 79.9. The van der Waals surface area contributed by atoms with Gasteiger partial charge in [-0.2, -0.15) is 18.3 Å². The standard InChI is InChI=1S/C12H10BrF3N4O/c13-10-9(18-5-8-1-3-17-4-2-8)6-19-20(11(10)21)7-12(14,15)16/h1-4,6,18H,5,7H2. The summed E-state index contributed by atoms with van der Waals surface area (Å²) in [5, 5.41) is 6.44. The van der Waals surface area contributed by atoms with E-state index in [4.69, 9.17) is 0 Å². The van der Waals surface area contributed by atoms with Gasteiger partial charge in [0.1, 0.15) is 11.0 Å². The summed E-state index contributed by atoms with van der Waals surface area (Å²) in [6.07, 6.45) is -0.0854. The molecule has 21 heavy (non-hydrogen) atoms. The molecule has 0 aromatic carbocycles. The number of nitrogens with zero attached hydrogens (tertiary/aromatic N) is 3. The van der Waals surface area contributed by atoms with Gasteiger partial charge in [0, 0.05) is 18.9 Å². The molecule has 2 rings (SSSR count). The van der Waals surface area contributed by atoms with Gasteiger partial charge in [0.2, 0.25) is 0 Å². The monoisotopic (exact) mass is 362 g/mol. The molecular formula is C12H10BrF3N4O. The summed E-state index contributed by atoms with van der Waals surface area (Å²) in [5.74, 6) is 0. The molecule has 5 nitrogen and oxygen atoms in total. The molecule has 0 aliphatic rings. The molecule has 0 bridgehead atoms. The van der Waals surface area contributed by atoms with Crippen LogP contribution in [-0.2, 0) is 13.1 Å². The first kappa shape index (κ1) is 15.5. The Morgan fingerprint density at radius 1 is 1.29 bits per heavy atom. The van der Waals surface area contributed by atoms with Crippen molar-refractivity contribution in [3.63, 3.8) is 0 Å². The molecular weight excluding hydrogens is 353 g/mol. The van der Waals surface area contributed by atoms with Crippen LogP contribution in [0.2, 0.25) is 0 Å². The molecule has 0 aliphatic heterocycles. The van der Waals surface area contributed by atoms with Gasteiger partial charge in [-0.25, -0.2) is 4.68 Å². The molecule has 0 aliphatic carbocycles. The van der Waals surface area contributed by atoms with Crippen LogP contribution in [0.15, 0.2) is 40.0 Å². The summed E-state index contributed by atoms with van der Waals surface area (Å²) >= 11 is 3.00. The zero-order valence-electron chi connectivity index (χ0n) is 10.6. The Labute approximate surface area is 125 Å². The van der Waals surface area contributed by atoms with Crippen LogP contribution in [0.5, 0.6) is 0 Å². The first-order chi connectivity index (χ1) is 9.87. The number of hydrogen-bond acceptors (Lipinski definition) is 4. The number of nitrogens with one attached hydrogen (secondary N) is 1. The third-order valence-corrected chi connectivity index (χ3v) is 3.31. The van der Waals surface area contributed by atoms with Crippen molar-refractivity contribution in [3.05, 3.63) is 51.1 Å². The maximum Gasteiger partial charge on any atom is 0.408 e. The molecule has 2 aromatic heterocycles. The van der Waals surface area contributed by atoms with Gasteiger partial charge in [-0.15, -0.1) is 0 Å². The van der Waals surface area contributed by atoms with Gasteiger partial charge < -0.3 is 5.32 Å². The largest absolute Gasteiger partial charge is 0.408 e. The van der Waals surface area contributed by atoms with Gasteiger partial charge in [0.25, 0.3) is 5.56 Å². The number of aromatic nitrogens is 3. The van der Waals surface area contributed by atoms with Crippen LogP contribution in [-0.4, -0.2) is 20.9 Å². The Morgan fingerprint density at radius 2 is 1.95 bits per heavy atom. The van der Waals surface area contributed by atoms with Crippen molar-refractivity contribution in [2.45, 2.75) is 19.3 Å². The Morgan fingerprint density at radius 3 is 2.57 bits per heavy atom. The zero-order chi connectivity index (χ0) is 15.5. The van der Waals surface area contributed by atoms with Crippen molar-refractivity contribution in [2.75, 3.05) is 5.32 Å². The number of pyridine rings is 1. The minimum absolute atomic E-state index is 0.0100. The Hall–Kier alpha value is -1.90. The fourth-order valence-electron chi connectivity index (χ4n) is 1.57. The van der Waals surface area contributed by atoms with Gasteiger partial charge in [0.05, 0.1) is 11.9 Å². The van der Waals surface area contributed by atoms with Crippen LogP contribution in [0.25, 0.3) is 0 Å². The summed E-state index contributed by atoms with van der Waals surface area (Å²) < 4.78 is 37.2. The smallest absolute Gasteiger partial charge is 0.379 e. The molecule has 2 aromatic rings. The summed E-state index contributed by atoms with van der Waals surface area (Å²) in [6.45, 7) is -1.03. The third kappa shape index (κ3) is 4.28. The van der Waals surface area contributed by atoms with Gasteiger partial charge in [-0.3, -0.25) is 9.78 Å². The SMILES string of the molecule is O=c1c(Br)c(NCc2ccncc2)cnn1CC(F)(F)F. The van der Waals surface area contributed by atoms with Crippen molar-refractivity contribution in [2.24, 2.45) is 0 Å². The molecule has 112 valence electrons. The van der Waals surface area contributed by atoms with Crippen LogP contribution < -0.4 is 10.9 Å². The van der Waals surface area contributed by atoms with Crippen LogP contribution in [0.3, 0.4) is 0 Å². The van der Waals surface area contributed by atoms with E-state index < -0.39 is 18.3 Å². The number of halogens is 4. The number of hydrogen-bond donors (Lipinski definition) is 1. The van der Waals surface area contributed by atoms with E-state index in [1.54, 1.807) is 24.5 Å². The average molecular weight is 363 g/mol. The minimum atomic E-state index is -4.50. The fourth-order valence-corrected chi connectivity index (χ4v) is 2.02. The zero-order valence-corrected chi connectivity index (χ0v) is 12.1. The maximum absolute atomic E-state index is 12.3. The molecule has 2 heterocycles. The molecule has 9 heteroatoms. The van der Waals surface area contributed by atoms with E-state index >= 15 is 0 Å². The predicted octanol–water partition coefficient (Wildman–Crippen LogP) is 2.58. The highest BCUT2D eigenvalue weighted by Crippen LogP contribution is 2.20. The normalized spacial score (nSPS) is 11.4. The average Bonchev–Trinajstić information content (AvgIpc) is 2.43. The lowest BCUT2D eigenvalue weighted by Crippen LogP contribution is -2.31. The fraction of sp³-hybridized carbons (Fsp3) is 0.250. The Balaban J connectivity index is 2.15. The molecule has 0 amide bonds. The minimum Gasteiger partial charge on any atom is -0.379 e. The topological polar surface area (TPSA) is 59.8 Å². The second kappa shape index (κ2) is 6.25. The molecule has 0 saturated heterocycles. The van der Waals surface area contributed by atoms with Gasteiger partial charge in [-0.05, 0) is 33.6 Å². The van der Waals surface area contributed by atoms with E-state index in [1.807, 2.05) is 0 Å². The van der Waals surface area contributed by atoms with Crippen molar-refractivity contribution in [3.8, 4) is 0 Å². The summed E-state index contributed by atoms with van der Waals surface area (Å²) in [5.41, 5.74) is 0.402. The molecule has 0 saturated carbocycles. The van der Waals surface area contributed by atoms with Crippen molar-refractivity contribution in [1.29, 1.82) is 0 Å². The number of alkyl halides is 3. The Bertz CT molecular complexity index is 672. The van der Waals surface area contributed by atoms with Gasteiger partial charge in [-0.1, -0.05) is 0 Å². The van der Waals surface area contributed by atoms with E-state index in [9.17, 15) is 18.0 Å². The maximum atomic E-state index is 12.3. The highest BCUT2D eigenvalue weighted by Gasteiger charge is 2.29. The molecule has 0 atom stereocenters. The molecule has 0 radical (unpaired) electrons. The van der Waals surface area contributed by atoms with Crippen molar-refractivity contribution in [1.82, 2.24) is 14.8 Å². The van der Waals surface area contributed by atoms with E-state index in [0.717, 1.165) is 5.56 Å².